The number of likely N-dealkylation sites (tertiary alicyclic amines) is 1. The number of rotatable bonds is 5. The normalized spacial score (nSPS) is 20.9. The Labute approximate surface area is 100 Å². The molecule has 0 aromatic carbocycles. The Morgan fingerprint density at radius 2 is 2.47 bits per heavy atom. The minimum absolute atomic E-state index is 0.00222. The lowest BCUT2D eigenvalue weighted by Crippen LogP contribution is -2.24. The standard InChI is InChI=1S/C12H18N2O3/c1-14-5-4-9(8-14)6-13-7-10-2-3-11(17-10)12(15)16/h2-3,9,13H,4-8H2,1H3,(H,15,16). The van der Waals surface area contributed by atoms with Crippen molar-refractivity contribution < 1.29 is 14.3 Å². The van der Waals surface area contributed by atoms with Gasteiger partial charge in [0.15, 0.2) is 0 Å². The first-order valence-electron chi connectivity index (χ1n) is 5.86. The lowest BCUT2D eigenvalue weighted by atomic mass is 10.1. The number of carbonyl (C=O) groups is 1. The van der Waals surface area contributed by atoms with E-state index in [1.54, 1.807) is 6.07 Å². The second-order valence-corrected chi connectivity index (χ2v) is 4.62. The number of aromatic carboxylic acids is 1. The van der Waals surface area contributed by atoms with Crippen LogP contribution in [0.4, 0.5) is 0 Å². The highest BCUT2D eigenvalue weighted by molar-refractivity contribution is 5.84. The number of hydrogen-bond donors (Lipinski definition) is 2. The molecule has 1 aromatic heterocycles. The van der Waals surface area contributed by atoms with E-state index in [4.69, 9.17) is 9.52 Å². The summed E-state index contributed by atoms with van der Waals surface area (Å²) in [5.41, 5.74) is 0. The van der Waals surface area contributed by atoms with Gasteiger partial charge in [-0.25, -0.2) is 4.79 Å². The van der Waals surface area contributed by atoms with E-state index in [-0.39, 0.29) is 5.76 Å². The molecular weight excluding hydrogens is 220 g/mol. The Balaban J connectivity index is 1.72. The quantitative estimate of drug-likeness (QED) is 0.801. The summed E-state index contributed by atoms with van der Waals surface area (Å²) in [6.07, 6.45) is 1.22. The van der Waals surface area contributed by atoms with Gasteiger partial charge >= 0.3 is 5.97 Å². The number of nitrogens with zero attached hydrogens (tertiary/aromatic N) is 1. The molecule has 5 nitrogen and oxygen atoms in total. The minimum Gasteiger partial charge on any atom is -0.475 e. The molecule has 0 radical (unpaired) electrons. The van der Waals surface area contributed by atoms with E-state index >= 15 is 0 Å². The zero-order chi connectivity index (χ0) is 12.3. The highest BCUT2D eigenvalue weighted by atomic mass is 16.4. The summed E-state index contributed by atoms with van der Waals surface area (Å²) in [4.78, 5) is 12.9. The van der Waals surface area contributed by atoms with Crippen LogP contribution in [-0.4, -0.2) is 42.7 Å². The Morgan fingerprint density at radius 3 is 3.06 bits per heavy atom. The van der Waals surface area contributed by atoms with Crippen molar-refractivity contribution in [1.82, 2.24) is 10.2 Å². The zero-order valence-corrected chi connectivity index (χ0v) is 9.98. The molecule has 5 heteroatoms. The van der Waals surface area contributed by atoms with Crippen molar-refractivity contribution in [3.63, 3.8) is 0 Å². The van der Waals surface area contributed by atoms with Crippen LogP contribution in [0.3, 0.4) is 0 Å². The highest BCUT2D eigenvalue weighted by Crippen LogP contribution is 2.13. The molecule has 1 saturated heterocycles. The summed E-state index contributed by atoms with van der Waals surface area (Å²) in [7, 11) is 2.13. The van der Waals surface area contributed by atoms with E-state index in [2.05, 4.69) is 17.3 Å². The van der Waals surface area contributed by atoms with Crippen LogP contribution in [0.15, 0.2) is 16.5 Å². The van der Waals surface area contributed by atoms with E-state index in [1.165, 1.54) is 12.5 Å². The van der Waals surface area contributed by atoms with Crippen molar-refractivity contribution in [2.24, 2.45) is 5.92 Å². The fourth-order valence-corrected chi connectivity index (χ4v) is 2.18. The lowest BCUT2D eigenvalue weighted by Gasteiger charge is -2.10. The van der Waals surface area contributed by atoms with Crippen molar-refractivity contribution in [1.29, 1.82) is 0 Å². The minimum atomic E-state index is -1.02. The van der Waals surface area contributed by atoms with Gasteiger partial charge in [0.25, 0.3) is 0 Å². The van der Waals surface area contributed by atoms with Gasteiger partial charge in [0.1, 0.15) is 5.76 Å². The molecule has 0 amide bonds. The molecule has 1 aliphatic rings. The van der Waals surface area contributed by atoms with Crippen LogP contribution < -0.4 is 5.32 Å². The lowest BCUT2D eigenvalue weighted by molar-refractivity contribution is 0.0660. The van der Waals surface area contributed by atoms with E-state index in [0.29, 0.717) is 18.2 Å². The van der Waals surface area contributed by atoms with Gasteiger partial charge in [-0.1, -0.05) is 0 Å². The van der Waals surface area contributed by atoms with Gasteiger partial charge in [-0.15, -0.1) is 0 Å². The van der Waals surface area contributed by atoms with Crippen LogP contribution in [0, 0.1) is 5.92 Å². The summed E-state index contributed by atoms with van der Waals surface area (Å²) in [6.45, 7) is 3.84. The van der Waals surface area contributed by atoms with Crippen LogP contribution in [0.5, 0.6) is 0 Å². The SMILES string of the molecule is CN1CCC(CNCc2ccc(C(=O)O)o2)C1. The molecule has 17 heavy (non-hydrogen) atoms. The van der Waals surface area contributed by atoms with E-state index in [9.17, 15) is 4.79 Å². The molecule has 1 aliphatic heterocycles. The third-order valence-electron chi connectivity index (χ3n) is 3.09. The molecule has 0 aliphatic carbocycles. The first-order chi connectivity index (χ1) is 8.15. The summed E-state index contributed by atoms with van der Waals surface area (Å²) in [5.74, 6) is 0.346. The second kappa shape index (κ2) is 5.33. The molecule has 2 heterocycles. The maximum Gasteiger partial charge on any atom is 0.371 e. The van der Waals surface area contributed by atoms with E-state index in [0.717, 1.165) is 19.6 Å². The van der Waals surface area contributed by atoms with Crippen molar-refractivity contribution in [3.8, 4) is 0 Å². The molecule has 0 saturated carbocycles. The topological polar surface area (TPSA) is 65.7 Å². The maximum atomic E-state index is 10.6. The van der Waals surface area contributed by atoms with Crippen molar-refractivity contribution in [2.75, 3.05) is 26.7 Å². The number of furan rings is 1. The molecule has 2 N–H and O–H groups in total. The predicted molar refractivity (Wildman–Crippen MR) is 63.0 cm³/mol. The second-order valence-electron chi connectivity index (χ2n) is 4.62. The molecule has 2 rings (SSSR count). The van der Waals surface area contributed by atoms with Gasteiger partial charge < -0.3 is 19.7 Å². The van der Waals surface area contributed by atoms with Crippen LogP contribution in [-0.2, 0) is 6.54 Å². The van der Waals surface area contributed by atoms with E-state index in [1.807, 2.05) is 0 Å². The first-order valence-corrected chi connectivity index (χ1v) is 5.86. The van der Waals surface area contributed by atoms with Gasteiger partial charge in [-0.3, -0.25) is 0 Å². The third kappa shape index (κ3) is 3.31. The van der Waals surface area contributed by atoms with Gasteiger partial charge in [0.2, 0.25) is 5.76 Å². The third-order valence-corrected chi connectivity index (χ3v) is 3.09. The smallest absolute Gasteiger partial charge is 0.371 e. The van der Waals surface area contributed by atoms with Crippen molar-refractivity contribution in [3.05, 3.63) is 23.7 Å². The Bertz CT molecular complexity index is 389. The number of carboxylic acid groups (broad SMARTS) is 1. The molecule has 0 spiro atoms. The van der Waals surface area contributed by atoms with Crippen LogP contribution in [0.25, 0.3) is 0 Å². The Kier molecular flexibility index (Phi) is 3.81. The fraction of sp³-hybridized carbons (Fsp3) is 0.583. The fourth-order valence-electron chi connectivity index (χ4n) is 2.18. The average Bonchev–Trinajstić information content (AvgIpc) is 2.88. The molecule has 1 unspecified atom stereocenters. The van der Waals surface area contributed by atoms with Crippen LogP contribution in [0.2, 0.25) is 0 Å². The van der Waals surface area contributed by atoms with Gasteiger partial charge in [-0.05, 0) is 44.6 Å². The van der Waals surface area contributed by atoms with Crippen LogP contribution in [0.1, 0.15) is 22.7 Å². The molecule has 1 aromatic rings. The van der Waals surface area contributed by atoms with Gasteiger partial charge in [0, 0.05) is 6.54 Å². The number of hydrogen-bond acceptors (Lipinski definition) is 4. The number of carboxylic acids is 1. The largest absolute Gasteiger partial charge is 0.475 e. The van der Waals surface area contributed by atoms with Crippen molar-refractivity contribution >= 4 is 5.97 Å². The first kappa shape index (κ1) is 12.1. The Hall–Kier alpha value is -1.33. The molecule has 1 atom stereocenters. The average molecular weight is 238 g/mol. The molecule has 1 fully saturated rings. The molecular formula is C12H18N2O3. The monoisotopic (exact) mass is 238 g/mol. The van der Waals surface area contributed by atoms with Crippen molar-refractivity contribution in [2.45, 2.75) is 13.0 Å². The maximum absolute atomic E-state index is 10.6. The molecule has 94 valence electrons. The Morgan fingerprint density at radius 1 is 1.65 bits per heavy atom. The van der Waals surface area contributed by atoms with Gasteiger partial charge in [-0.2, -0.15) is 0 Å². The highest BCUT2D eigenvalue weighted by Gasteiger charge is 2.18. The zero-order valence-electron chi connectivity index (χ0n) is 9.98. The van der Waals surface area contributed by atoms with E-state index < -0.39 is 5.97 Å². The molecule has 0 bridgehead atoms. The predicted octanol–water partition coefficient (Wildman–Crippen LogP) is 1.02. The van der Waals surface area contributed by atoms with Crippen LogP contribution >= 0.6 is 0 Å². The summed E-state index contributed by atoms with van der Waals surface area (Å²) in [5, 5.41) is 12.0. The summed E-state index contributed by atoms with van der Waals surface area (Å²) < 4.78 is 5.16. The number of nitrogens with one attached hydrogen (secondary N) is 1. The summed E-state index contributed by atoms with van der Waals surface area (Å²) >= 11 is 0. The summed E-state index contributed by atoms with van der Waals surface area (Å²) in [6, 6.07) is 3.19. The van der Waals surface area contributed by atoms with Gasteiger partial charge in [0.05, 0.1) is 6.54 Å².